The molecule has 0 saturated carbocycles. The van der Waals surface area contributed by atoms with E-state index in [-0.39, 0.29) is 18.3 Å². The second-order valence-electron chi connectivity index (χ2n) is 6.80. The summed E-state index contributed by atoms with van der Waals surface area (Å²) in [7, 11) is 0. The molecule has 1 heterocycles. The van der Waals surface area contributed by atoms with Gasteiger partial charge in [0.15, 0.2) is 0 Å². The van der Waals surface area contributed by atoms with Crippen molar-refractivity contribution in [2.75, 3.05) is 6.61 Å². The predicted molar refractivity (Wildman–Crippen MR) is 95.3 cm³/mol. The number of aliphatic hydroxyl groups is 2. The Labute approximate surface area is 156 Å². The number of hydrogen-bond donors (Lipinski definition) is 2. The molecule has 3 atom stereocenters. The Hall–Kier alpha value is -2.33. The standard InChI is InChI=1S/C21H21F2NO3/c22-21(23)14-3-1-13(2-4-14)7-17-8-15(5-6-16(17)11-24)20-10-18(26)9-19(12-25)27-20/h1-6,8,18-21,25-26H,7,9-10,12H2. The van der Waals surface area contributed by atoms with Crippen LogP contribution in [-0.2, 0) is 11.2 Å². The van der Waals surface area contributed by atoms with Gasteiger partial charge in [0.1, 0.15) is 0 Å². The number of alkyl halides is 2. The molecule has 2 aromatic carbocycles. The zero-order valence-corrected chi connectivity index (χ0v) is 14.7. The average molecular weight is 373 g/mol. The zero-order chi connectivity index (χ0) is 19.4. The normalized spacial score (nSPS) is 22.6. The van der Waals surface area contributed by atoms with Gasteiger partial charge in [-0.25, -0.2) is 8.78 Å². The van der Waals surface area contributed by atoms with Crippen LogP contribution in [0.3, 0.4) is 0 Å². The molecular weight excluding hydrogens is 352 g/mol. The van der Waals surface area contributed by atoms with Gasteiger partial charge < -0.3 is 14.9 Å². The van der Waals surface area contributed by atoms with Crippen LogP contribution < -0.4 is 0 Å². The third-order valence-electron chi connectivity index (χ3n) is 4.83. The van der Waals surface area contributed by atoms with E-state index >= 15 is 0 Å². The van der Waals surface area contributed by atoms with E-state index in [1.165, 1.54) is 12.1 Å². The van der Waals surface area contributed by atoms with Crippen molar-refractivity contribution in [1.82, 2.24) is 0 Å². The van der Waals surface area contributed by atoms with E-state index in [1.807, 2.05) is 6.07 Å². The number of halogens is 2. The first kappa shape index (κ1) is 19.4. The summed E-state index contributed by atoms with van der Waals surface area (Å²) in [5, 5.41) is 28.7. The molecule has 1 aliphatic heterocycles. The molecule has 27 heavy (non-hydrogen) atoms. The first-order valence-electron chi connectivity index (χ1n) is 8.84. The lowest BCUT2D eigenvalue weighted by molar-refractivity contribution is -0.113. The molecule has 1 fully saturated rings. The molecule has 0 bridgehead atoms. The Morgan fingerprint density at radius 1 is 1.15 bits per heavy atom. The lowest BCUT2D eigenvalue weighted by Gasteiger charge is -2.32. The monoisotopic (exact) mass is 373 g/mol. The Kier molecular flexibility index (Phi) is 6.17. The molecule has 0 spiro atoms. The highest BCUT2D eigenvalue weighted by molar-refractivity contribution is 5.44. The van der Waals surface area contributed by atoms with Crippen molar-refractivity contribution in [2.24, 2.45) is 0 Å². The Morgan fingerprint density at radius 3 is 2.52 bits per heavy atom. The maximum atomic E-state index is 12.7. The van der Waals surface area contributed by atoms with Crippen molar-refractivity contribution in [3.63, 3.8) is 0 Å². The van der Waals surface area contributed by atoms with Gasteiger partial charge in [-0.2, -0.15) is 5.26 Å². The number of nitriles is 1. The second-order valence-corrected chi connectivity index (χ2v) is 6.80. The summed E-state index contributed by atoms with van der Waals surface area (Å²) in [5.74, 6) is 0. The Balaban J connectivity index is 1.84. The number of hydrogen-bond acceptors (Lipinski definition) is 4. The number of benzene rings is 2. The summed E-state index contributed by atoms with van der Waals surface area (Å²) in [6.45, 7) is -0.160. The van der Waals surface area contributed by atoms with Crippen LogP contribution in [0.4, 0.5) is 8.78 Å². The maximum absolute atomic E-state index is 12.7. The largest absolute Gasteiger partial charge is 0.394 e. The fourth-order valence-electron chi connectivity index (χ4n) is 3.39. The highest BCUT2D eigenvalue weighted by atomic mass is 19.3. The Bertz CT molecular complexity index is 817. The van der Waals surface area contributed by atoms with Crippen LogP contribution in [0.25, 0.3) is 0 Å². The molecule has 2 aromatic rings. The van der Waals surface area contributed by atoms with E-state index in [0.29, 0.717) is 24.8 Å². The van der Waals surface area contributed by atoms with Crippen molar-refractivity contribution < 1.29 is 23.7 Å². The van der Waals surface area contributed by atoms with Crippen LogP contribution in [0.2, 0.25) is 0 Å². The van der Waals surface area contributed by atoms with Crippen molar-refractivity contribution in [1.29, 1.82) is 5.26 Å². The van der Waals surface area contributed by atoms with E-state index in [0.717, 1.165) is 16.7 Å². The van der Waals surface area contributed by atoms with Gasteiger partial charge in [-0.1, -0.05) is 36.4 Å². The number of aliphatic hydroxyl groups excluding tert-OH is 2. The maximum Gasteiger partial charge on any atom is 0.263 e. The van der Waals surface area contributed by atoms with Crippen LogP contribution in [0.5, 0.6) is 0 Å². The van der Waals surface area contributed by atoms with Crippen LogP contribution >= 0.6 is 0 Å². The van der Waals surface area contributed by atoms with Crippen LogP contribution in [0.15, 0.2) is 42.5 Å². The second kappa shape index (κ2) is 8.57. The summed E-state index contributed by atoms with van der Waals surface area (Å²) in [6, 6.07) is 13.6. The third-order valence-corrected chi connectivity index (χ3v) is 4.83. The highest BCUT2D eigenvalue weighted by Crippen LogP contribution is 2.33. The zero-order valence-electron chi connectivity index (χ0n) is 14.7. The molecule has 0 amide bonds. The number of ether oxygens (including phenoxy) is 1. The van der Waals surface area contributed by atoms with Crippen LogP contribution in [0, 0.1) is 11.3 Å². The molecule has 1 aliphatic rings. The number of nitrogens with zero attached hydrogens (tertiary/aromatic N) is 1. The van der Waals surface area contributed by atoms with Gasteiger partial charge in [0.2, 0.25) is 0 Å². The lowest BCUT2D eigenvalue weighted by atomic mass is 9.92. The topological polar surface area (TPSA) is 73.5 Å². The van der Waals surface area contributed by atoms with E-state index in [1.54, 1.807) is 24.3 Å². The van der Waals surface area contributed by atoms with E-state index < -0.39 is 18.6 Å². The molecule has 2 N–H and O–H groups in total. The van der Waals surface area contributed by atoms with Crippen LogP contribution in [-0.4, -0.2) is 29.0 Å². The van der Waals surface area contributed by atoms with E-state index in [2.05, 4.69) is 6.07 Å². The highest BCUT2D eigenvalue weighted by Gasteiger charge is 2.29. The molecule has 1 saturated heterocycles. The number of rotatable bonds is 5. The first-order valence-corrected chi connectivity index (χ1v) is 8.84. The smallest absolute Gasteiger partial charge is 0.263 e. The molecular formula is C21H21F2NO3. The van der Waals surface area contributed by atoms with Crippen molar-refractivity contribution in [3.05, 3.63) is 70.3 Å². The van der Waals surface area contributed by atoms with Crippen molar-refractivity contribution in [3.8, 4) is 6.07 Å². The molecule has 0 aliphatic carbocycles. The van der Waals surface area contributed by atoms with Crippen molar-refractivity contribution >= 4 is 0 Å². The van der Waals surface area contributed by atoms with Gasteiger partial charge in [0, 0.05) is 18.4 Å². The molecule has 4 nitrogen and oxygen atoms in total. The van der Waals surface area contributed by atoms with Gasteiger partial charge in [0.25, 0.3) is 6.43 Å². The molecule has 0 radical (unpaired) electrons. The minimum absolute atomic E-state index is 0.0346. The van der Waals surface area contributed by atoms with Gasteiger partial charge >= 0.3 is 0 Å². The third kappa shape index (κ3) is 4.69. The molecule has 3 rings (SSSR count). The predicted octanol–water partition coefficient (Wildman–Crippen LogP) is 3.66. The summed E-state index contributed by atoms with van der Waals surface area (Å²) in [4.78, 5) is 0. The van der Waals surface area contributed by atoms with Crippen LogP contribution in [0.1, 0.15) is 53.2 Å². The summed E-state index contributed by atoms with van der Waals surface area (Å²) in [5.41, 5.74) is 2.89. The first-order chi connectivity index (χ1) is 13.0. The van der Waals surface area contributed by atoms with Crippen molar-refractivity contribution in [2.45, 2.75) is 44.0 Å². The summed E-state index contributed by atoms with van der Waals surface area (Å²) >= 11 is 0. The van der Waals surface area contributed by atoms with E-state index in [9.17, 15) is 24.3 Å². The molecule has 142 valence electrons. The summed E-state index contributed by atoms with van der Waals surface area (Å²) in [6.07, 6.45) is -2.59. The van der Waals surface area contributed by atoms with E-state index in [4.69, 9.17) is 4.74 Å². The lowest BCUT2D eigenvalue weighted by Crippen LogP contribution is -2.33. The molecule has 3 unspecified atom stereocenters. The molecule has 6 heteroatoms. The SMILES string of the molecule is N#Cc1ccc(C2CC(O)CC(CO)O2)cc1Cc1ccc(C(F)F)cc1. The van der Waals surface area contributed by atoms with Gasteiger partial charge in [-0.15, -0.1) is 0 Å². The minimum Gasteiger partial charge on any atom is -0.394 e. The quantitative estimate of drug-likeness (QED) is 0.839. The Morgan fingerprint density at radius 2 is 1.89 bits per heavy atom. The van der Waals surface area contributed by atoms with Gasteiger partial charge in [-0.05, 0) is 29.2 Å². The van der Waals surface area contributed by atoms with Gasteiger partial charge in [-0.3, -0.25) is 0 Å². The minimum atomic E-state index is -2.51. The summed E-state index contributed by atoms with van der Waals surface area (Å²) < 4.78 is 31.2. The fraction of sp³-hybridized carbons (Fsp3) is 0.381. The average Bonchev–Trinajstić information content (AvgIpc) is 2.67. The molecule has 0 aromatic heterocycles. The fourth-order valence-corrected chi connectivity index (χ4v) is 3.39. The van der Waals surface area contributed by atoms with Gasteiger partial charge in [0.05, 0.1) is 36.6 Å².